The van der Waals surface area contributed by atoms with Gasteiger partial charge in [0.15, 0.2) is 0 Å². The second kappa shape index (κ2) is 10.8. The standard InChI is InChI=1S/C25H26ClN3O4S/c1-25(2,14-16-5-7-18(26)8-6-16)29(19(23(27)32)9-12-22(30)31)24(33)21-11-10-20(34-21)17-4-3-13-28-15-17/h3-8,10-11,13,15,19H,9,12,14H2,1-2H3,(H2,27,32)(H,30,31)/t19-/m0/s1. The Hall–Kier alpha value is -3.23. The summed E-state index contributed by atoms with van der Waals surface area (Å²) in [4.78, 5) is 44.4. The van der Waals surface area contributed by atoms with E-state index in [0.717, 1.165) is 16.0 Å². The number of carbonyl (C=O) groups excluding carboxylic acids is 2. The van der Waals surface area contributed by atoms with E-state index >= 15 is 0 Å². The molecule has 0 aliphatic rings. The molecule has 0 aliphatic carbocycles. The predicted molar refractivity (Wildman–Crippen MR) is 133 cm³/mol. The van der Waals surface area contributed by atoms with Gasteiger partial charge < -0.3 is 15.7 Å². The molecule has 7 nitrogen and oxygen atoms in total. The van der Waals surface area contributed by atoms with E-state index in [9.17, 15) is 19.5 Å². The third-order valence-corrected chi connectivity index (χ3v) is 6.83. The monoisotopic (exact) mass is 499 g/mol. The van der Waals surface area contributed by atoms with E-state index in [-0.39, 0.29) is 18.7 Å². The fourth-order valence-corrected chi connectivity index (χ4v) is 4.98. The largest absolute Gasteiger partial charge is 0.481 e. The van der Waals surface area contributed by atoms with Gasteiger partial charge in [0.25, 0.3) is 5.91 Å². The number of rotatable bonds is 10. The van der Waals surface area contributed by atoms with Gasteiger partial charge in [0.05, 0.1) is 4.88 Å². The first kappa shape index (κ1) is 25.4. The quantitative estimate of drug-likeness (QED) is 0.421. The highest BCUT2D eigenvalue weighted by Crippen LogP contribution is 2.32. The Morgan fingerprint density at radius 3 is 2.44 bits per heavy atom. The van der Waals surface area contributed by atoms with Gasteiger partial charge in [0, 0.05) is 39.8 Å². The lowest BCUT2D eigenvalue weighted by molar-refractivity contribution is -0.137. The molecule has 9 heteroatoms. The van der Waals surface area contributed by atoms with Gasteiger partial charge in [-0.2, -0.15) is 0 Å². The van der Waals surface area contributed by atoms with Crippen molar-refractivity contribution in [3.05, 3.63) is 76.4 Å². The summed E-state index contributed by atoms with van der Waals surface area (Å²) in [5.41, 5.74) is 6.62. The van der Waals surface area contributed by atoms with Crippen molar-refractivity contribution in [2.24, 2.45) is 5.73 Å². The Morgan fingerprint density at radius 1 is 1.15 bits per heavy atom. The SMILES string of the molecule is CC(C)(Cc1ccc(Cl)cc1)N(C(=O)c1ccc(-c2cccnc2)s1)[C@@H](CCC(=O)O)C(N)=O. The summed E-state index contributed by atoms with van der Waals surface area (Å²) in [6.45, 7) is 3.68. The molecule has 0 fully saturated rings. The number of carboxylic acid groups (broad SMARTS) is 1. The van der Waals surface area contributed by atoms with Crippen LogP contribution in [-0.2, 0) is 16.0 Å². The zero-order chi connectivity index (χ0) is 24.9. The van der Waals surface area contributed by atoms with E-state index in [0.29, 0.717) is 16.3 Å². The number of aromatic nitrogens is 1. The van der Waals surface area contributed by atoms with Gasteiger partial charge >= 0.3 is 5.97 Å². The van der Waals surface area contributed by atoms with Crippen molar-refractivity contribution < 1.29 is 19.5 Å². The first-order valence-corrected chi connectivity index (χ1v) is 11.9. The van der Waals surface area contributed by atoms with Crippen LogP contribution in [-0.4, -0.2) is 44.4 Å². The smallest absolute Gasteiger partial charge is 0.303 e. The lowest BCUT2D eigenvalue weighted by Crippen LogP contribution is -2.58. The number of hydrogen-bond donors (Lipinski definition) is 2. The number of carboxylic acids is 1. The van der Waals surface area contributed by atoms with Gasteiger partial charge in [-0.3, -0.25) is 19.4 Å². The summed E-state index contributed by atoms with van der Waals surface area (Å²) >= 11 is 7.29. The van der Waals surface area contributed by atoms with Crippen molar-refractivity contribution in [2.45, 2.75) is 44.7 Å². The predicted octanol–water partition coefficient (Wildman–Crippen LogP) is 4.65. The zero-order valence-corrected chi connectivity index (χ0v) is 20.5. The number of carbonyl (C=O) groups is 3. The van der Waals surface area contributed by atoms with Crippen LogP contribution < -0.4 is 5.73 Å². The minimum Gasteiger partial charge on any atom is -0.481 e. The van der Waals surface area contributed by atoms with Crippen molar-refractivity contribution in [2.75, 3.05) is 0 Å². The molecular formula is C25H26ClN3O4S. The van der Waals surface area contributed by atoms with Gasteiger partial charge in [-0.05, 0) is 62.6 Å². The normalized spacial score (nSPS) is 12.2. The minimum atomic E-state index is -1.09. The molecule has 3 aromatic rings. The zero-order valence-electron chi connectivity index (χ0n) is 18.9. The maximum atomic E-state index is 13.8. The number of primary amides is 1. The molecule has 0 spiro atoms. The number of benzene rings is 1. The van der Waals surface area contributed by atoms with Crippen molar-refractivity contribution in [3.8, 4) is 10.4 Å². The molecule has 1 atom stereocenters. The van der Waals surface area contributed by atoms with Gasteiger partial charge in [-0.25, -0.2) is 0 Å². The first-order valence-electron chi connectivity index (χ1n) is 10.7. The molecule has 3 N–H and O–H groups in total. The Bertz CT molecular complexity index is 1160. The number of nitrogens with zero attached hydrogens (tertiary/aromatic N) is 2. The van der Waals surface area contributed by atoms with Crippen LogP contribution >= 0.6 is 22.9 Å². The van der Waals surface area contributed by atoms with Crippen LogP contribution in [0.2, 0.25) is 5.02 Å². The van der Waals surface area contributed by atoms with Crippen LogP contribution in [0.1, 0.15) is 41.9 Å². The lowest BCUT2D eigenvalue weighted by Gasteiger charge is -2.42. The molecule has 34 heavy (non-hydrogen) atoms. The van der Waals surface area contributed by atoms with Crippen molar-refractivity contribution in [3.63, 3.8) is 0 Å². The fraction of sp³-hybridized carbons (Fsp3) is 0.280. The molecule has 0 unspecified atom stereocenters. The van der Waals surface area contributed by atoms with Gasteiger partial charge in [-0.15, -0.1) is 11.3 Å². The first-order chi connectivity index (χ1) is 16.1. The summed E-state index contributed by atoms with van der Waals surface area (Å²) in [6, 6.07) is 13.4. The highest BCUT2D eigenvalue weighted by atomic mass is 35.5. The molecule has 0 aliphatic heterocycles. The molecule has 1 aromatic carbocycles. The number of hydrogen-bond acceptors (Lipinski definition) is 5. The third kappa shape index (κ3) is 6.21. The summed E-state index contributed by atoms with van der Waals surface area (Å²) in [5.74, 6) is -2.19. The Morgan fingerprint density at radius 2 is 1.85 bits per heavy atom. The molecule has 2 amide bonds. The van der Waals surface area contributed by atoms with Gasteiger partial charge in [-0.1, -0.05) is 29.8 Å². The van der Waals surface area contributed by atoms with E-state index in [1.807, 2.05) is 44.2 Å². The van der Waals surface area contributed by atoms with Crippen LogP contribution in [0.3, 0.4) is 0 Å². The third-order valence-electron chi connectivity index (χ3n) is 5.46. The fourth-order valence-electron chi connectivity index (χ4n) is 3.92. The Balaban J connectivity index is 2.00. The van der Waals surface area contributed by atoms with Crippen molar-refractivity contribution in [1.29, 1.82) is 0 Å². The lowest BCUT2D eigenvalue weighted by atomic mass is 9.90. The molecule has 0 radical (unpaired) electrons. The average molecular weight is 500 g/mol. The van der Waals surface area contributed by atoms with E-state index < -0.39 is 23.5 Å². The van der Waals surface area contributed by atoms with Gasteiger partial charge in [0.1, 0.15) is 6.04 Å². The highest BCUT2D eigenvalue weighted by molar-refractivity contribution is 7.17. The molecular weight excluding hydrogens is 474 g/mol. The van der Waals surface area contributed by atoms with Crippen molar-refractivity contribution in [1.82, 2.24) is 9.88 Å². The molecule has 0 bridgehead atoms. The minimum absolute atomic E-state index is 0.0821. The number of aliphatic carboxylic acids is 1. The van der Waals surface area contributed by atoms with Crippen LogP contribution in [0.5, 0.6) is 0 Å². The molecule has 2 aromatic heterocycles. The summed E-state index contributed by atoms with van der Waals surface area (Å²) in [7, 11) is 0. The van der Waals surface area contributed by atoms with Crippen LogP contribution in [0.4, 0.5) is 0 Å². The summed E-state index contributed by atoms with van der Waals surface area (Å²) < 4.78 is 0. The highest BCUT2D eigenvalue weighted by Gasteiger charge is 2.40. The molecule has 178 valence electrons. The second-order valence-electron chi connectivity index (χ2n) is 8.55. The van der Waals surface area contributed by atoms with E-state index in [4.69, 9.17) is 17.3 Å². The topological polar surface area (TPSA) is 114 Å². The Labute approximate surface area is 207 Å². The molecule has 2 heterocycles. The second-order valence-corrected chi connectivity index (χ2v) is 10.1. The number of amides is 2. The number of thiophene rings is 1. The average Bonchev–Trinajstić information content (AvgIpc) is 3.28. The van der Waals surface area contributed by atoms with Crippen LogP contribution in [0, 0.1) is 0 Å². The van der Waals surface area contributed by atoms with Gasteiger partial charge in [0.2, 0.25) is 5.91 Å². The van der Waals surface area contributed by atoms with E-state index in [1.54, 1.807) is 30.6 Å². The van der Waals surface area contributed by atoms with Crippen molar-refractivity contribution >= 4 is 40.7 Å². The maximum absolute atomic E-state index is 13.8. The number of nitrogens with two attached hydrogens (primary N) is 1. The van der Waals surface area contributed by atoms with E-state index in [2.05, 4.69) is 4.98 Å². The molecule has 3 rings (SSSR count). The maximum Gasteiger partial charge on any atom is 0.303 e. The molecule has 0 saturated carbocycles. The number of pyridine rings is 1. The van der Waals surface area contributed by atoms with Crippen LogP contribution in [0.15, 0.2) is 60.9 Å². The summed E-state index contributed by atoms with van der Waals surface area (Å²) in [5, 5.41) is 9.79. The van der Waals surface area contributed by atoms with Crippen LogP contribution in [0.25, 0.3) is 10.4 Å². The Kier molecular flexibility index (Phi) is 8.06. The summed E-state index contributed by atoms with van der Waals surface area (Å²) in [6.07, 6.45) is 3.42. The van der Waals surface area contributed by atoms with E-state index in [1.165, 1.54) is 16.2 Å². The number of halogens is 1. The molecule has 0 saturated heterocycles.